The summed E-state index contributed by atoms with van der Waals surface area (Å²) in [6.07, 6.45) is 0.979. The standard InChI is InChI=1S/C25H28N6O4S/c1-25(2,3)35-24(34)28-17-9-6-10-30(13-17)23-29-19-18(21(27)32)14-36-20(19)22(33)31(23)12-16-8-5-4-7-15(16)11-26/h4-5,7-8,14,17H,6,9-10,12-13H2,1-3H3,(H2,27,32)(H,28,34). The number of piperidine rings is 1. The Labute approximate surface area is 212 Å². The first kappa shape index (κ1) is 25.2. The van der Waals surface area contributed by atoms with Crippen LogP contribution in [-0.4, -0.2) is 46.3 Å². The normalized spacial score (nSPS) is 15.9. The number of hydrogen-bond acceptors (Lipinski definition) is 8. The number of nitriles is 1. The van der Waals surface area contributed by atoms with Gasteiger partial charge in [-0.3, -0.25) is 14.2 Å². The van der Waals surface area contributed by atoms with E-state index in [0.717, 1.165) is 24.2 Å². The molecule has 1 fully saturated rings. The Balaban J connectivity index is 1.75. The molecule has 0 radical (unpaired) electrons. The van der Waals surface area contributed by atoms with Crippen LogP contribution in [0.15, 0.2) is 34.4 Å². The van der Waals surface area contributed by atoms with E-state index in [9.17, 15) is 19.6 Å². The summed E-state index contributed by atoms with van der Waals surface area (Å²) in [5, 5.41) is 14.0. The molecule has 1 aliphatic rings. The number of hydrogen-bond donors (Lipinski definition) is 2. The molecule has 10 nitrogen and oxygen atoms in total. The van der Waals surface area contributed by atoms with Gasteiger partial charge in [0.15, 0.2) is 0 Å². The van der Waals surface area contributed by atoms with E-state index in [4.69, 9.17) is 15.5 Å². The van der Waals surface area contributed by atoms with Gasteiger partial charge in [-0.2, -0.15) is 5.26 Å². The number of carbonyl (C=O) groups is 2. The minimum absolute atomic E-state index is 0.130. The Morgan fingerprint density at radius 1 is 1.33 bits per heavy atom. The molecule has 11 heteroatoms. The second kappa shape index (κ2) is 9.99. The van der Waals surface area contributed by atoms with E-state index in [1.54, 1.807) is 44.4 Å². The molecule has 1 unspecified atom stereocenters. The van der Waals surface area contributed by atoms with Gasteiger partial charge in [-0.15, -0.1) is 11.3 Å². The van der Waals surface area contributed by atoms with Gasteiger partial charge < -0.3 is 20.7 Å². The molecule has 1 saturated heterocycles. The number of thiophene rings is 1. The van der Waals surface area contributed by atoms with Crippen LogP contribution in [0.25, 0.3) is 10.2 Å². The number of amides is 2. The second-order valence-corrected chi connectivity index (χ2v) is 10.6. The van der Waals surface area contributed by atoms with Crippen molar-refractivity contribution in [1.82, 2.24) is 14.9 Å². The van der Waals surface area contributed by atoms with Gasteiger partial charge >= 0.3 is 6.09 Å². The number of primary amides is 1. The first-order valence-corrected chi connectivity index (χ1v) is 12.5. The van der Waals surface area contributed by atoms with Crippen molar-refractivity contribution < 1.29 is 14.3 Å². The molecule has 0 bridgehead atoms. The predicted octanol–water partition coefficient (Wildman–Crippen LogP) is 2.97. The van der Waals surface area contributed by atoms with Gasteiger partial charge in [0, 0.05) is 24.5 Å². The maximum Gasteiger partial charge on any atom is 0.407 e. The van der Waals surface area contributed by atoms with Gasteiger partial charge in [-0.05, 0) is 45.2 Å². The Kier molecular flexibility index (Phi) is 6.99. The average molecular weight is 509 g/mol. The molecule has 3 N–H and O–H groups in total. The molecule has 188 valence electrons. The summed E-state index contributed by atoms with van der Waals surface area (Å²) in [6.45, 7) is 6.52. The highest BCUT2D eigenvalue weighted by molar-refractivity contribution is 7.17. The molecule has 1 aliphatic heterocycles. The van der Waals surface area contributed by atoms with Crippen LogP contribution >= 0.6 is 11.3 Å². The van der Waals surface area contributed by atoms with Gasteiger partial charge in [-0.25, -0.2) is 9.78 Å². The summed E-state index contributed by atoms with van der Waals surface area (Å²) in [5.74, 6) is -0.299. The van der Waals surface area contributed by atoms with Crippen LogP contribution in [0.5, 0.6) is 0 Å². The quantitative estimate of drug-likeness (QED) is 0.539. The third-order valence-corrected chi connectivity index (χ3v) is 6.77. The van der Waals surface area contributed by atoms with Crippen molar-refractivity contribution in [3.63, 3.8) is 0 Å². The molecule has 4 rings (SSSR count). The Morgan fingerprint density at radius 3 is 2.78 bits per heavy atom. The lowest BCUT2D eigenvalue weighted by molar-refractivity contribution is 0.0499. The van der Waals surface area contributed by atoms with Crippen LogP contribution in [-0.2, 0) is 11.3 Å². The van der Waals surface area contributed by atoms with Crippen LogP contribution < -0.4 is 21.5 Å². The Bertz CT molecular complexity index is 1410. The summed E-state index contributed by atoms with van der Waals surface area (Å²) in [4.78, 5) is 44.6. The van der Waals surface area contributed by atoms with Gasteiger partial charge in [0.1, 0.15) is 15.8 Å². The number of alkyl carbamates (subject to hydrolysis) is 1. The number of anilines is 1. The summed E-state index contributed by atoms with van der Waals surface area (Å²) in [7, 11) is 0. The minimum atomic E-state index is -0.658. The lowest BCUT2D eigenvalue weighted by Crippen LogP contribution is -2.50. The number of carbonyl (C=O) groups excluding carboxylic acids is 2. The van der Waals surface area contributed by atoms with E-state index in [0.29, 0.717) is 34.9 Å². The number of aromatic nitrogens is 2. The highest BCUT2D eigenvalue weighted by Gasteiger charge is 2.28. The molecule has 3 aromatic rings. The fourth-order valence-corrected chi connectivity index (χ4v) is 5.18. The lowest BCUT2D eigenvalue weighted by Gasteiger charge is -2.35. The smallest absolute Gasteiger partial charge is 0.407 e. The summed E-state index contributed by atoms with van der Waals surface area (Å²) >= 11 is 1.12. The number of nitrogens with one attached hydrogen (secondary N) is 1. The molecular weight excluding hydrogens is 480 g/mol. The maximum absolute atomic E-state index is 13.6. The monoisotopic (exact) mass is 508 g/mol. The first-order valence-electron chi connectivity index (χ1n) is 11.6. The number of nitrogens with zero attached hydrogens (tertiary/aromatic N) is 4. The topological polar surface area (TPSA) is 143 Å². The summed E-state index contributed by atoms with van der Waals surface area (Å²) < 4.78 is 7.24. The van der Waals surface area contributed by atoms with Crippen LogP contribution in [0, 0.1) is 11.3 Å². The average Bonchev–Trinajstić information content (AvgIpc) is 3.24. The Morgan fingerprint density at radius 2 is 2.08 bits per heavy atom. The van der Waals surface area contributed by atoms with Gasteiger partial charge in [-0.1, -0.05) is 18.2 Å². The molecule has 1 aromatic carbocycles. The Hall–Kier alpha value is -3.91. The van der Waals surface area contributed by atoms with Crippen molar-refractivity contribution in [1.29, 1.82) is 5.26 Å². The molecule has 2 amide bonds. The maximum atomic E-state index is 13.6. The largest absolute Gasteiger partial charge is 0.444 e. The number of rotatable bonds is 5. The van der Waals surface area contributed by atoms with Gasteiger partial charge in [0.05, 0.1) is 23.7 Å². The van der Waals surface area contributed by atoms with Crippen molar-refractivity contribution >= 4 is 39.5 Å². The fraction of sp³-hybridized carbons (Fsp3) is 0.400. The second-order valence-electron chi connectivity index (χ2n) is 9.69. The number of ether oxygens (including phenoxy) is 1. The minimum Gasteiger partial charge on any atom is -0.444 e. The first-order chi connectivity index (χ1) is 17.1. The SMILES string of the molecule is CC(C)(C)OC(=O)NC1CCCN(c2nc3c(C(N)=O)csc3c(=O)n2Cc2ccccc2C#N)C1. The van der Waals surface area contributed by atoms with Crippen molar-refractivity contribution in [3.05, 3.63) is 56.7 Å². The van der Waals surface area contributed by atoms with Crippen molar-refractivity contribution in [3.8, 4) is 6.07 Å². The van der Waals surface area contributed by atoms with E-state index in [1.165, 1.54) is 4.57 Å². The van der Waals surface area contributed by atoms with Crippen LogP contribution in [0.1, 0.15) is 55.1 Å². The highest BCUT2D eigenvalue weighted by atomic mass is 32.1. The molecule has 0 aliphatic carbocycles. The van der Waals surface area contributed by atoms with Crippen molar-refractivity contribution in [2.45, 2.75) is 51.8 Å². The highest BCUT2D eigenvalue weighted by Crippen LogP contribution is 2.26. The third-order valence-electron chi connectivity index (χ3n) is 5.81. The van der Waals surface area contributed by atoms with Crippen LogP contribution in [0.2, 0.25) is 0 Å². The number of fused-ring (bicyclic) bond motifs is 1. The van der Waals surface area contributed by atoms with Crippen molar-refractivity contribution in [2.24, 2.45) is 5.73 Å². The molecule has 0 saturated carbocycles. The summed E-state index contributed by atoms with van der Waals surface area (Å²) in [5.41, 5.74) is 6.19. The van der Waals surface area contributed by atoms with Crippen LogP contribution in [0.4, 0.5) is 10.7 Å². The lowest BCUT2D eigenvalue weighted by atomic mass is 10.1. The number of nitrogens with two attached hydrogens (primary N) is 1. The molecular formula is C25H28N6O4S. The zero-order valence-corrected chi connectivity index (χ0v) is 21.2. The van der Waals surface area contributed by atoms with Crippen LogP contribution in [0.3, 0.4) is 0 Å². The van der Waals surface area contributed by atoms with E-state index >= 15 is 0 Å². The summed E-state index contributed by atoms with van der Waals surface area (Å²) in [6, 6.07) is 9.02. The molecule has 3 heterocycles. The van der Waals surface area contributed by atoms with E-state index in [-0.39, 0.29) is 29.2 Å². The number of benzene rings is 1. The van der Waals surface area contributed by atoms with Crippen molar-refractivity contribution in [2.75, 3.05) is 18.0 Å². The fourth-order valence-electron chi connectivity index (χ4n) is 4.24. The zero-order chi connectivity index (χ0) is 26.0. The molecule has 0 spiro atoms. The molecule has 36 heavy (non-hydrogen) atoms. The van der Waals surface area contributed by atoms with E-state index < -0.39 is 17.6 Å². The molecule has 2 aromatic heterocycles. The van der Waals surface area contributed by atoms with E-state index in [1.807, 2.05) is 11.0 Å². The zero-order valence-electron chi connectivity index (χ0n) is 20.4. The van der Waals surface area contributed by atoms with E-state index in [2.05, 4.69) is 11.4 Å². The third kappa shape index (κ3) is 5.33. The molecule has 1 atom stereocenters. The van der Waals surface area contributed by atoms with Gasteiger partial charge in [0.2, 0.25) is 5.95 Å². The van der Waals surface area contributed by atoms with Gasteiger partial charge in [0.25, 0.3) is 11.5 Å². The predicted molar refractivity (Wildman–Crippen MR) is 137 cm³/mol.